The fourth-order valence-electron chi connectivity index (χ4n) is 0.612. The summed E-state index contributed by atoms with van der Waals surface area (Å²) in [7, 11) is 0. The number of aromatic hydroxyl groups is 2. The monoisotopic (exact) mass is 140 g/mol. The molecule has 0 fully saturated rings. The number of hydrogen-bond acceptors (Lipinski definition) is 4. The van der Waals surface area contributed by atoms with Gasteiger partial charge in [-0.1, -0.05) is 0 Å². The van der Waals surface area contributed by atoms with Crippen LogP contribution in [0.1, 0.15) is 0 Å². The molecule has 0 saturated carbocycles. The minimum absolute atomic E-state index is 0.160. The lowest BCUT2D eigenvalue weighted by Gasteiger charge is -1.92. The van der Waals surface area contributed by atoms with Crippen LogP contribution in [0.5, 0.6) is 11.5 Å². The SMILES string of the molecule is [NH2+]c1cc([NH2+])c(O)cc1O. The van der Waals surface area contributed by atoms with Crippen molar-refractivity contribution in [2.75, 3.05) is 0 Å². The van der Waals surface area contributed by atoms with Crippen LogP contribution in [-0.2, 0) is 0 Å². The summed E-state index contributed by atoms with van der Waals surface area (Å²) in [4.78, 5) is 0. The Kier molecular flexibility index (Phi) is 1.48. The first-order chi connectivity index (χ1) is 4.61. The summed E-state index contributed by atoms with van der Waals surface area (Å²) < 4.78 is 0. The Balaban J connectivity index is 3.28. The molecule has 4 heteroatoms. The van der Waals surface area contributed by atoms with Crippen LogP contribution in [0.15, 0.2) is 12.1 Å². The Morgan fingerprint density at radius 2 is 1.30 bits per heavy atom. The lowest BCUT2D eigenvalue weighted by atomic mass is 10.2. The zero-order chi connectivity index (χ0) is 7.72. The van der Waals surface area contributed by atoms with Crippen molar-refractivity contribution in [1.82, 2.24) is 0 Å². The van der Waals surface area contributed by atoms with Crippen LogP contribution in [0.25, 0.3) is 0 Å². The zero-order valence-corrected chi connectivity index (χ0v) is 5.20. The van der Waals surface area contributed by atoms with E-state index in [-0.39, 0.29) is 22.9 Å². The molecule has 10 heavy (non-hydrogen) atoms. The van der Waals surface area contributed by atoms with Gasteiger partial charge in [0.05, 0.1) is 6.07 Å². The highest BCUT2D eigenvalue weighted by Gasteiger charge is 2.10. The van der Waals surface area contributed by atoms with Crippen LogP contribution in [0.3, 0.4) is 0 Å². The van der Waals surface area contributed by atoms with Crippen LogP contribution in [0.2, 0.25) is 0 Å². The molecule has 0 amide bonds. The molecule has 0 bridgehead atoms. The number of benzene rings is 1. The molecule has 0 aliphatic carbocycles. The van der Waals surface area contributed by atoms with Crippen molar-refractivity contribution < 1.29 is 21.7 Å². The standard InChI is InChI=1S/C6H8N2O2/c7-3-1-4(8)6(10)2-5(3)9/h1-2,9-10H,7-8H2/q+2. The van der Waals surface area contributed by atoms with Crippen LogP contribution < -0.4 is 11.5 Å². The van der Waals surface area contributed by atoms with Crippen LogP contribution in [-0.4, -0.2) is 10.2 Å². The highest BCUT2D eigenvalue weighted by molar-refractivity contribution is 5.58. The van der Waals surface area contributed by atoms with Crippen LogP contribution >= 0.6 is 0 Å². The Labute approximate surface area is 57.7 Å². The molecule has 0 unspecified atom stereocenters. The van der Waals surface area contributed by atoms with Gasteiger partial charge in [-0.2, -0.15) is 11.5 Å². The summed E-state index contributed by atoms with van der Waals surface area (Å²) in [5, 5.41) is 17.8. The second-order valence-corrected chi connectivity index (χ2v) is 1.97. The molecule has 0 aliphatic rings. The van der Waals surface area contributed by atoms with E-state index in [0.717, 1.165) is 6.07 Å². The molecule has 2 radical (unpaired) electrons. The number of anilines is 2. The van der Waals surface area contributed by atoms with Crippen molar-refractivity contribution in [2.24, 2.45) is 0 Å². The topological polar surface area (TPSA) is 91.1 Å². The van der Waals surface area contributed by atoms with E-state index in [1.54, 1.807) is 0 Å². The van der Waals surface area contributed by atoms with Gasteiger partial charge in [-0.05, 0) is 0 Å². The molecule has 1 rings (SSSR count). The number of nitrogens with two attached hydrogens (primary N) is 2. The normalized spacial score (nSPS) is 9.80. The van der Waals surface area contributed by atoms with E-state index in [1.807, 2.05) is 0 Å². The third kappa shape index (κ3) is 1.02. The predicted octanol–water partition coefficient (Wildman–Crippen LogP) is -1.58. The highest BCUT2D eigenvalue weighted by Crippen LogP contribution is 2.28. The highest BCUT2D eigenvalue weighted by atomic mass is 16.3. The second kappa shape index (κ2) is 2.17. The van der Waals surface area contributed by atoms with E-state index in [0.29, 0.717) is 0 Å². The van der Waals surface area contributed by atoms with Gasteiger partial charge in [0.2, 0.25) is 11.4 Å². The van der Waals surface area contributed by atoms with Gasteiger partial charge in [-0.3, -0.25) is 0 Å². The first kappa shape index (κ1) is 6.85. The van der Waals surface area contributed by atoms with Gasteiger partial charge in [-0.25, -0.2) is 0 Å². The lowest BCUT2D eigenvalue weighted by molar-refractivity contribution is -0.267. The van der Waals surface area contributed by atoms with Gasteiger partial charge in [0.15, 0.2) is 11.5 Å². The first-order valence-electron chi connectivity index (χ1n) is 2.68. The number of phenolic OH excluding ortho intramolecular Hbond substituents is 2. The third-order valence-electron chi connectivity index (χ3n) is 1.18. The minimum Gasteiger partial charge on any atom is -0.502 e. The molecular formula is C6H8N2O2+2. The van der Waals surface area contributed by atoms with Crippen molar-refractivity contribution >= 4 is 11.4 Å². The summed E-state index contributed by atoms with van der Waals surface area (Å²) in [6, 6.07) is 2.40. The van der Waals surface area contributed by atoms with Gasteiger partial charge in [0.25, 0.3) is 0 Å². The lowest BCUT2D eigenvalue weighted by Crippen LogP contribution is -2.44. The van der Waals surface area contributed by atoms with Crippen molar-refractivity contribution in [3.63, 3.8) is 0 Å². The largest absolute Gasteiger partial charge is 0.502 e. The summed E-state index contributed by atoms with van der Waals surface area (Å²) in [6.07, 6.45) is 0. The number of rotatable bonds is 0. The minimum atomic E-state index is -0.160. The molecule has 0 aromatic heterocycles. The Hall–Kier alpha value is -1.26. The maximum atomic E-state index is 8.88. The van der Waals surface area contributed by atoms with Gasteiger partial charge in [0, 0.05) is 6.07 Å². The summed E-state index contributed by atoms with van der Waals surface area (Å²) in [5.41, 5.74) is 10.8. The van der Waals surface area contributed by atoms with Crippen molar-refractivity contribution in [2.45, 2.75) is 0 Å². The second-order valence-electron chi connectivity index (χ2n) is 1.97. The molecule has 0 saturated heterocycles. The fraction of sp³-hybridized carbons (Fsp3) is 0. The van der Waals surface area contributed by atoms with E-state index in [4.69, 9.17) is 21.7 Å². The molecule has 0 heterocycles. The maximum Gasteiger partial charge on any atom is 0.225 e. The molecular weight excluding hydrogens is 132 g/mol. The quantitative estimate of drug-likeness (QED) is 0.199. The smallest absolute Gasteiger partial charge is 0.225 e. The summed E-state index contributed by atoms with van der Waals surface area (Å²) in [6.45, 7) is 0. The maximum absolute atomic E-state index is 8.88. The number of phenols is 2. The predicted molar refractivity (Wildman–Crippen MR) is 32.9 cm³/mol. The molecule has 52 valence electrons. The molecule has 1 aromatic carbocycles. The van der Waals surface area contributed by atoms with Crippen molar-refractivity contribution in [3.05, 3.63) is 12.1 Å². The van der Waals surface area contributed by atoms with Crippen molar-refractivity contribution in [3.8, 4) is 11.5 Å². The van der Waals surface area contributed by atoms with E-state index < -0.39 is 0 Å². The number of hydrogen-bond donors (Lipinski definition) is 4. The van der Waals surface area contributed by atoms with Gasteiger partial charge >= 0.3 is 0 Å². The molecule has 1 aromatic rings. The van der Waals surface area contributed by atoms with E-state index in [9.17, 15) is 0 Å². The molecule has 0 aliphatic heterocycles. The zero-order valence-electron chi connectivity index (χ0n) is 5.20. The van der Waals surface area contributed by atoms with Gasteiger partial charge in [0.1, 0.15) is 0 Å². The Morgan fingerprint density at radius 3 is 1.60 bits per heavy atom. The van der Waals surface area contributed by atoms with Crippen LogP contribution in [0.4, 0.5) is 11.4 Å². The Morgan fingerprint density at radius 1 is 0.900 bits per heavy atom. The van der Waals surface area contributed by atoms with E-state index >= 15 is 0 Å². The number of nitrogen functional groups attached to an aromatic ring is 2. The Bertz CT molecular complexity index is 210. The van der Waals surface area contributed by atoms with E-state index in [1.165, 1.54) is 6.07 Å². The van der Waals surface area contributed by atoms with Crippen molar-refractivity contribution in [1.29, 1.82) is 0 Å². The average molecular weight is 140 g/mol. The third-order valence-corrected chi connectivity index (χ3v) is 1.18. The van der Waals surface area contributed by atoms with E-state index in [2.05, 4.69) is 0 Å². The molecule has 4 nitrogen and oxygen atoms in total. The molecule has 6 N–H and O–H groups in total. The molecule has 0 atom stereocenters. The molecule has 0 spiro atoms. The first-order valence-corrected chi connectivity index (χ1v) is 2.68. The summed E-state index contributed by atoms with van der Waals surface area (Å²) >= 11 is 0. The summed E-state index contributed by atoms with van der Waals surface area (Å²) in [5.74, 6) is -0.321. The average Bonchev–Trinajstić information content (AvgIpc) is 1.84. The fourth-order valence-corrected chi connectivity index (χ4v) is 0.612. The van der Waals surface area contributed by atoms with Gasteiger partial charge in [-0.15, -0.1) is 0 Å². The van der Waals surface area contributed by atoms with Crippen LogP contribution in [0, 0.1) is 0 Å². The van der Waals surface area contributed by atoms with Gasteiger partial charge < -0.3 is 10.2 Å².